The van der Waals surface area contributed by atoms with E-state index >= 15 is 0 Å². The Kier molecular flexibility index (Phi) is 2.55. The minimum absolute atomic E-state index is 0.00934. The Hall–Kier alpha value is -2.37. The summed E-state index contributed by atoms with van der Waals surface area (Å²) in [5.41, 5.74) is -0.517. The summed E-state index contributed by atoms with van der Waals surface area (Å²) in [4.78, 5) is 11.5. The quantitative estimate of drug-likeness (QED) is 0.584. The van der Waals surface area contributed by atoms with E-state index in [2.05, 4.69) is 10.2 Å². The number of phenolic OH excluding ortho intramolecular Hbond substituents is 1. The van der Waals surface area contributed by atoms with E-state index in [0.717, 1.165) is 0 Å². The maximum Gasteiger partial charge on any atom is 0.368 e. The lowest BCUT2D eigenvalue weighted by Crippen LogP contribution is -1.99. The van der Waals surface area contributed by atoms with Crippen molar-refractivity contribution >= 4 is 16.7 Å². The predicted molar refractivity (Wildman–Crippen MR) is 61.0 cm³/mol. The minimum atomic E-state index is -0.797. The SMILES string of the molecule is CN=Nc1c(O)c2ccc(O)c(C)c2oc1=O. The highest BCUT2D eigenvalue weighted by molar-refractivity contribution is 5.90. The molecule has 0 aliphatic rings. The number of aryl methyl sites for hydroxylation is 1. The van der Waals surface area contributed by atoms with Gasteiger partial charge in [-0.3, -0.25) is 0 Å². The van der Waals surface area contributed by atoms with Gasteiger partial charge in [-0.25, -0.2) is 4.79 Å². The molecular weight excluding hydrogens is 224 g/mol. The lowest BCUT2D eigenvalue weighted by atomic mass is 10.1. The molecule has 0 aliphatic heterocycles. The zero-order valence-corrected chi connectivity index (χ0v) is 9.26. The fraction of sp³-hybridized carbons (Fsp3) is 0.182. The van der Waals surface area contributed by atoms with Crippen LogP contribution < -0.4 is 5.63 Å². The van der Waals surface area contributed by atoms with Crippen LogP contribution >= 0.6 is 0 Å². The number of azo groups is 1. The maximum absolute atomic E-state index is 11.5. The first-order valence-electron chi connectivity index (χ1n) is 4.84. The lowest BCUT2D eigenvalue weighted by molar-refractivity contribution is 0.460. The third-order valence-corrected chi connectivity index (χ3v) is 2.44. The molecule has 0 saturated heterocycles. The van der Waals surface area contributed by atoms with Gasteiger partial charge in [0.15, 0.2) is 5.75 Å². The molecule has 2 aromatic rings. The number of hydrogen-bond acceptors (Lipinski definition) is 6. The fourth-order valence-electron chi connectivity index (χ4n) is 1.55. The van der Waals surface area contributed by atoms with Crippen molar-refractivity contribution in [3.8, 4) is 11.5 Å². The topological polar surface area (TPSA) is 95.4 Å². The highest BCUT2D eigenvalue weighted by Gasteiger charge is 2.16. The van der Waals surface area contributed by atoms with Crippen LogP contribution in [-0.2, 0) is 0 Å². The normalized spacial score (nSPS) is 11.4. The molecule has 0 atom stereocenters. The summed E-state index contributed by atoms with van der Waals surface area (Å²) in [5, 5.41) is 26.6. The number of aromatic hydroxyl groups is 2. The molecule has 0 aliphatic carbocycles. The molecule has 0 unspecified atom stereocenters. The van der Waals surface area contributed by atoms with Crippen LogP contribution in [-0.4, -0.2) is 17.3 Å². The van der Waals surface area contributed by atoms with Crippen molar-refractivity contribution in [2.75, 3.05) is 7.05 Å². The molecule has 88 valence electrons. The van der Waals surface area contributed by atoms with Crippen LogP contribution in [0.3, 0.4) is 0 Å². The van der Waals surface area contributed by atoms with Crippen LogP contribution in [0.2, 0.25) is 0 Å². The molecule has 2 rings (SSSR count). The molecule has 1 aromatic carbocycles. The molecule has 17 heavy (non-hydrogen) atoms. The van der Waals surface area contributed by atoms with E-state index in [1.54, 1.807) is 6.92 Å². The van der Waals surface area contributed by atoms with Gasteiger partial charge in [0, 0.05) is 12.6 Å². The standard InChI is InChI=1S/C11H10N2O4/c1-5-7(14)4-3-6-9(15)8(13-12-2)11(16)17-10(5)6/h3-4,14-15H,1-2H3. The van der Waals surface area contributed by atoms with E-state index in [0.29, 0.717) is 10.9 Å². The van der Waals surface area contributed by atoms with Crippen LogP contribution in [0.25, 0.3) is 11.0 Å². The van der Waals surface area contributed by atoms with Gasteiger partial charge in [-0.2, -0.15) is 5.11 Å². The Morgan fingerprint density at radius 2 is 2.00 bits per heavy atom. The average Bonchev–Trinajstić information content (AvgIpc) is 2.30. The van der Waals surface area contributed by atoms with Crippen molar-refractivity contribution in [2.45, 2.75) is 6.92 Å². The molecule has 1 aromatic heterocycles. The molecule has 0 bridgehead atoms. The first-order chi connectivity index (χ1) is 8.06. The third-order valence-electron chi connectivity index (χ3n) is 2.44. The summed E-state index contributed by atoms with van der Waals surface area (Å²) in [6.45, 7) is 1.58. The van der Waals surface area contributed by atoms with Gasteiger partial charge in [-0.1, -0.05) is 0 Å². The molecule has 6 heteroatoms. The van der Waals surface area contributed by atoms with Crippen molar-refractivity contribution in [3.05, 3.63) is 28.1 Å². The number of phenols is 1. The highest BCUT2D eigenvalue weighted by atomic mass is 16.4. The summed E-state index contributed by atoms with van der Waals surface area (Å²) in [7, 11) is 1.38. The predicted octanol–water partition coefficient (Wildman–Crippen LogP) is 2.23. The summed E-state index contributed by atoms with van der Waals surface area (Å²) in [6.07, 6.45) is 0. The van der Waals surface area contributed by atoms with Crippen LogP contribution in [0.5, 0.6) is 11.5 Å². The molecule has 0 fully saturated rings. The second-order valence-corrected chi connectivity index (χ2v) is 3.47. The molecule has 2 N–H and O–H groups in total. The van der Waals surface area contributed by atoms with E-state index in [4.69, 9.17) is 4.42 Å². The number of hydrogen-bond donors (Lipinski definition) is 2. The minimum Gasteiger partial charge on any atom is -0.508 e. The van der Waals surface area contributed by atoms with E-state index in [1.165, 1.54) is 19.2 Å². The Bertz CT molecular complexity index is 673. The average molecular weight is 234 g/mol. The summed E-state index contributed by atoms with van der Waals surface area (Å²) in [6, 6.07) is 2.86. The van der Waals surface area contributed by atoms with Gasteiger partial charge < -0.3 is 14.6 Å². The smallest absolute Gasteiger partial charge is 0.368 e. The summed E-state index contributed by atoms with van der Waals surface area (Å²) < 4.78 is 5.01. The van der Waals surface area contributed by atoms with Gasteiger partial charge in [0.05, 0.1) is 5.39 Å². The van der Waals surface area contributed by atoms with Gasteiger partial charge in [-0.15, -0.1) is 5.11 Å². The molecule has 0 spiro atoms. The molecule has 0 radical (unpaired) electrons. The van der Waals surface area contributed by atoms with Crippen LogP contribution in [0.4, 0.5) is 5.69 Å². The van der Waals surface area contributed by atoms with E-state index in [1.807, 2.05) is 0 Å². The van der Waals surface area contributed by atoms with Crippen molar-refractivity contribution in [1.82, 2.24) is 0 Å². The summed E-state index contributed by atoms with van der Waals surface area (Å²) >= 11 is 0. The van der Waals surface area contributed by atoms with Crippen LogP contribution in [0.15, 0.2) is 31.6 Å². The number of nitrogens with zero attached hydrogens (tertiary/aromatic N) is 2. The second kappa shape index (κ2) is 3.89. The number of fused-ring (bicyclic) bond motifs is 1. The van der Waals surface area contributed by atoms with Gasteiger partial charge in [0.1, 0.15) is 11.3 Å². The Morgan fingerprint density at radius 1 is 1.29 bits per heavy atom. The van der Waals surface area contributed by atoms with Crippen LogP contribution in [0.1, 0.15) is 5.56 Å². The first-order valence-corrected chi connectivity index (χ1v) is 4.84. The number of benzene rings is 1. The van der Waals surface area contributed by atoms with E-state index in [9.17, 15) is 15.0 Å². The molecule has 0 saturated carbocycles. The lowest BCUT2D eigenvalue weighted by Gasteiger charge is -2.05. The van der Waals surface area contributed by atoms with Gasteiger partial charge in [0.2, 0.25) is 5.69 Å². The molecule has 0 amide bonds. The highest BCUT2D eigenvalue weighted by Crippen LogP contribution is 2.35. The molecular formula is C11H10N2O4. The van der Waals surface area contributed by atoms with Crippen molar-refractivity contribution in [2.24, 2.45) is 10.2 Å². The van der Waals surface area contributed by atoms with Crippen molar-refractivity contribution in [3.63, 3.8) is 0 Å². The Balaban J connectivity index is 2.96. The fourth-order valence-corrected chi connectivity index (χ4v) is 1.55. The van der Waals surface area contributed by atoms with E-state index < -0.39 is 5.63 Å². The maximum atomic E-state index is 11.5. The van der Waals surface area contributed by atoms with E-state index in [-0.39, 0.29) is 22.8 Å². The Labute approximate surface area is 95.8 Å². The summed E-state index contributed by atoms with van der Waals surface area (Å²) in [5.74, 6) is -0.310. The third kappa shape index (κ3) is 1.63. The van der Waals surface area contributed by atoms with Gasteiger partial charge in [0.25, 0.3) is 0 Å². The first kappa shape index (κ1) is 11.1. The zero-order valence-electron chi connectivity index (χ0n) is 9.26. The van der Waals surface area contributed by atoms with Crippen molar-refractivity contribution < 1.29 is 14.6 Å². The van der Waals surface area contributed by atoms with Gasteiger partial charge >= 0.3 is 5.63 Å². The largest absolute Gasteiger partial charge is 0.508 e. The Morgan fingerprint density at radius 3 is 2.65 bits per heavy atom. The monoisotopic (exact) mass is 234 g/mol. The molecule has 6 nitrogen and oxygen atoms in total. The molecule has 1 heterocycles. The number of rotatable bonds is 1. The van der Waals surface area contributed by atoms with Crippen molar-refractivity contribution in [1.29, 1.82) is 0 Å². The van der Waals surface area contributed by atoms with Gasteiger partial charge in [-0.05, 0) is 19.1 Å². The second-order valence-electron chi connectivity index (χ2n) is 3.47. The van der Waals surface area contributed by atoms with Crippen LogP contribution in [0, 0.1) is 6.92 Å². The zero-order chi connectivity index (χ0) is 12.6.